The van der Waals surface area contributed by atoms with E-state index in [4.69, 9.17) is 16.0 Å². The molecule has 2 aromatic heterocycles. The van der Waals surface area contributed by atoms with Gasteiger partial charge < -0.3 is 9.32 Å². The molecule has 1 saturated heterocycles. The minimum atomic E-state index is -0.224. The van der Waals surface area contributed by atoms with Gasteiger partial charge in [0.25, 0.3) is 0 Å². The molecule has 1 aliphatic heterocycles. The highest BCUT2D eigenvalue weighted by atomic mass is 35.5. The van der Waals surface area contributed by atoms with Gasteiger partial charge in [-0.2, -0.15) is 0 Å². The van der Waals surface area contributed by atoms with Crippen LogP contribution >= 0.6 is 11.6 Å². The van der Waals surface area contributed by atoms with Crippen molar-refractivity contribution in [1.82, 2.24) is 25.1 Å². The first-order chi connectivity index (χ1) is 15.7. The molecule has 0 N–H and O–H groups in total. The fraction of sp³-hybridized carbons (Fsp3) is 0.261. The van der Waals surface area contributed by atoms with Crippen LogP contribution < -0.4 is 4.90 Å². The van der Waals surface area contributed by atoms with Crippen LogP contribution in [-0.4, -0.2) is 51.3 Å². The van der Waals surface area contributed by atoms with Gasteiger partial charge in [-0.05, 0) is 64.5 Å². The van der Waals surface area contributed by atoms with E-state index in [0.29, 0.717) is 11.6 Å². The van der Waals surface area contributed by atoms with E-state index in [1.165, 1.54) is 12.1 Å². The first-order valence-electron chi connectivity index (χ1n) is 10.5. The predicted octanol–water partition coefficient (Wildman–Crippen LogP) is 4.02. The Bertz CT molecular complexity index is 1140. The second-order valence-electron chi connectivity index (χ2n) is 7.73. The number of hydrogen-bond acceptors (Lipinski definition) is 6. The fourth-order valence-corrected chi connectivity index (χ4v) is 4.25. The lowest BCUT2D eigenvalue weighted by Crippen LogP contribution is -2.48. The Morgan fingerprint density at radius 1 is 0.969 bits per heavy atom. The van der Waals surface area contributed by atoms with Gasteiger partial charge in [-0.3, -0.25) is 4.90 Å². The Morgan fingerprint density at radius 3 is 2.41 bits per heavy atom. The fourth-order valence-electron chi connectivity index (χ4n) is 4.13. The summed E-state index contributed by atoms with van der Waals surface area (Å²) in [7, 11) is 0. The molecule has 32 heavy (non-hydrogen) atoms. The van der Waals surface area contributed by atoms with E-state index in [2.05, 4.69) is 25.3 Å². The zero-order valence-electron chi connectivity index (χ0n) is 17.3. The van der Waals surface area contributed by atoms with E-state index < -0.39 is 0 Å². The first kappa shape index (κ1) is 20.7. The van der Waals surface area contributed by atoms with Crippen LogP contribution in [0.3, 0.4) is 0 Å². The quantitative estimate of drug-likeness (QED) is 0.440. The summed E-state index contributed by atoms with van der Waals surface area (Å²) in [5.74, 6) is 1.31. The van der Waals surface area contributed by atoms with Crippen LogP contribution in [-0.2, 0) is 6.54 Å². The number of halogens is 2. The Kier molecular flexibility index (Phi) is 5.87. The number of anilines is 1. The van der Waals surface area contributed by atoms with Crippen LogP contribution in [0.1, 0.15) is 23.2 Å². The highest BCUT2D eigenvalue weighted by Gasteiger charge is 2.31. The molecule has 2 aromatic carbocycles. The van der Waals surface area contributed by atoms with Crippen molar-refractivity contribution in [2.45, 2.75) is 12.6 Å². The summed E-state index contributed by atoms with van der Waals surface area (Å²) in [5, 5.41) is 13.2. The van der Waals surface area contributed by atoms with E-state index in [0.717, 1.165) is 49.0 Å². The molecule has 1 fully saturated rings. The van der Waals surface area contributed by atoms with Crippen molar-refractivity contribution in [2.24, 2.45) is 0 Å². The Morgan fingerprint density at radius 2 is 1.72 bits per heavy atom. The van der Waals surface area contributed by atoms with Gasteiger partial charge in [0, 0.05) is 36.9 Å². The van der Waals surface area contributed by atoms with Crippen molar-refractivity contribution in [3.05, 3.63) is 94.9 Å². The highest BCUT2D eigenvalue weighted by molar-refractivity contribution is 6.30. The molecule has 0 spiro atoms. The van der Waals surface area contributed by atoms with Gasteiger partial charge in [0.05, 0.1) is 12.3 Å². The Hall–Kier alpha value is -3.23. The maximum absolute atomic E-state index is 13.3. The zero-order chi connectivity index (χ0) is 21.9. The third kappa shape index (κ3) is 4.37. The van der Waals surface area contributed by atoms with E-state index in [-0.39, 0.29) is 11.9 Å². The summed E-state index contributed by atoms with van der Waals surface area (Å²) >= 11 is 6.15. The van der Waals surface area contributed by atoms with Crippen LogP contribution in [0, 0.1) is 5.82 Å². The molecule has 0 bridgehead atoms. The SMILES string of the molecule is Fc1ccc(N2CCN(C(c3ccc(Cl)cc3)c3nnnn3Cc3ccco3)CC2)cc1. The van der Waals surface area contributed by atoms with Gasteiger partial charge in [-0.1, -0.05) is 23.7 Å². The first-order valence-corrected chi connectivity index (χ1v) is 10.8. The molecule has 7 nitrogen and oxygen atoms in total. The molecule has 0 saturated carbocycles. The van der Waals surface area contributed by atoms with Crippen LogP contribution in [0.15, 0.2) is 71.3 Å². The molecule has 1 atom stereocenters. The summed E-state index contributed by atoms with van der Waals surface area (Å²) in [4.78, 5) is 4.63. The second-order valence-corrected chi connectivity index (χ2v) is 8.16. The van der Waals surface area contributed by atoms with E-state index >= 15 is 0 Å². The normalized spacial score (nSPS) is 15.8. The summed E-state index contributed by atoms with van der Waals surface area (Å²) < 4.78 is 20.6. The Balaban J connectivity index is 1.41. The van der Waals surface area contributed by atoms with Crippen molar-refractivity contribution in [1.29, 1.82) is 0 Å². The number of rotatable bonds is 6. The van der Waals surface area contributed by atoms with Crippen LogP contribution in [0.5, 0.6) is 0 Å². The molecule has 5 rings (SSSR count). The third-order valence-electron chi connectivity index (χ3n) is 5.75. The van der Waals surface area contributed by atoms with Crippen LogP contribution in [0.4, 0.5) is 10.1 Å². The third-order valence-corrected chi connectivity index (χ3v) is 6.00. The molecule has 9 heteroatoms. The van der Waals surface area contributed by atoms with Gasteiger partial charge in [0.2, 0.25) is 0 Å². The number of benzene rings is 2. The number of tetrazole rings is 1. The minimum Gasteiger partial charge on any atom is -0.467 e. The van der Waals surface area contributed by atoms with E-state index in [1.54, 1.807) is 10.9 Å². The van der Waals surface area contributed by atoms with Gasteiger partial charge in [-0.15, -0.1) is 5.10 Å². The molecule has 1 unspecified atom stereocenters. The highest BCUT2D eigenvalue weighted by Crippen LogP contribution is 2.30. The molecule has 3 heterocycles. The lowest BCUT2D eigenvalue weighted by molar-refractivity contribution is 0.201. The van der Waals surface area contributed by atoms with Crippen molar-refractivity contribution in [2.75, 3.05) is 31.1 Å². The molecule has 4 aromatic rings. The van der Waals surface area contributed by atoms with E-state index in [1.807, 2.05) is 48.5 Å². The van der Waals surface area contributed by atoms with Gasteiger partial charge in [0.1, 0.15) is 18.1 Å². The van der Waals surface area contributed by atoms with Crippen molar-refractivity contribution in [3.8, 4) is 0 Å². The molecule has 1 aliphatic rings. The van der Waals surface area contributed by atoms with Crippen molar-refractivity contribution >= 4 is 17.3 Å². The smallest absolute Gasteiger partial charge is 0.173 e. The molecule has 164 valence electrons. The monoisotopic (exact) mass is 452 g/mol. The lowest BCUT2D eigenvalue weighted by atomic mass is 10.0. The van der Waals surface area contributed by atoms with Gasteiger partial charge in [0.15, 0.2) is 5.82 Å². The maximum Gasteiger partial charge on any atom is 0.173 e. The lowest BCUT2D eigenvalue weighted by Gasteiger charge is -2.39. The average molecular weight is 453 g/mol. The Labute approximate surface area is 190 Å². The number of aromatic nitrogens is 4. The summed E-state index contributed by atoms with van der Waals surface area (Å²) in [6, 6.07) is 18.1. The number of hydrogen-bond donors (Lipinski definition) is 0. The van der Waals surface area contributed by atoms with Crippen LogP contribution in [0.25, 0.3) is 0 Å². The largest absolute Gasteiger partial charge is 0.467 e. The van der Waals surface area contributed by atoms with Crippen molar-refractivity contribution < 1.29 is 8.81 Å². The zero-order valence-corrected chi connectivity index (χ0v) is 18.1. The number of piperazine rings is 1. The number of nitrogens with zero attached hydrogens (tertiary/aromatic N) is 6. The summed E-state index contributed by atoms with van der Waals surface area (Å²) in [5.41, 5.74) is 2.09. The second kappa shape index (κ2) is 9.10. The predicted molar refractivity (Wildman–Crippen MR) is 119 cm³/mol. The molecule has 0 amide bonds. The number of furan rings is 1. The average Bonchev–Trinajstić information content (AvgIpc) is 3.49. The maximum atomic E-state index is 13.3. The van der Waals surface area contributed by atoms with Gasteiger partial charge in [-0.25, -0.2) is 9.07 Å². The topological polar surface area (TPSA) is 63.2 Å². The van der Waals surface area contributed by atoms with Gasteiger partial charge >= 0.3 is 0 Å². The van der Waals surface area contributed by atoms with E-state index in [9.17, 15) is 4.39 Å². The summed E-state index contributed by atoms with van der Waals surface area (Å²) in [6.07, 6.45) is 1.64. The summed E-state index contributed by atoms with van der Waals surface area (Å²) in [6.45, 7) is 3.69. The molecular weight excluding hydrogens is 431 g/mol. The minimum absolute atomic E-state index is 0.132. The van der Waals surface area contributed by atoms with Crippen molar-refractivity contribution in [3.63, 3.8) is 0 Å². The molecule has 0 aliphatic carbocycles. The standard InChI is InChI=1S/C23H22ClFN6O/c24-18-5-3-17(4-6-18)22(23-26-27-28-31(23)16-21-2-1-15-32-21)30-13-11-29(12-14-30)20-9-7-19(25)8-10-20/h1-10,15,22H,11-14,16H2. The molecule has 0 radical (unpaired) electrons. The molecular formula is C23H22ClFN6O. The van der Waals surface area contributed by atoms with Crippen LogP contribution in [0.2, 0.25) is 5.02 Å².